The molecule has 0 aliphatic carbocycles. The second-order valence-corrected chi connectivity index (χ2v) is 4.01. The molecule has 0 radical (unpaired) electrons. The Balaban J connectivity index is 2.28. The van der Waals surface area contributed by atoms with E-state index in [4.69, 9.17) is 22.1 Å². The highest BCUT2D eigenvalue weighted by Crippen LogP contribution is 2.28. The number of rotatable bonds is 3. The van der Waals surface area contributed by atoms with Gasteiger partial charge in [-0.05, 0) is 24.3 Å². The molecule has 0 bridgehead atoms. The van der Waals surface area contributed by atoms with Gasteiger partial charge in [0.05, 0.1) is 11.0 Å². The van der Waals surface area contributed by atoms with Gasteiger partial charge in [0.15, 0.2) is 0 Å². The van der Waals surface area contributed by atoms with Crippen molar-refractivity contribution in [1.82, 2.24) is 0 Å². The molecule has 0 unspecified atom stereocenters. The first-order valence-corrected chi connectivity index (χ1v) is 5.41. The summed E-state index contributed by atoms with van der Waals surface area (Å²) in [6.45, 7) is 0. The number of non-ortho nitro benzene ring substituents is 1. The molecule has 0 saturated carbocycles. The third-order valence-corrected chi connectivity index (χ3v) is 2.43. The van der Waals surface area contributed by atoms with E-state index in [1.165, 1.54) is 18.2 Å². The van der Waals surface area contributed by atoms with Crippen LogP contribution in [0.5, 0.6) is 11.5 Å². The highest BCUT2D eigenvalue weighted by Gasteiger charge is 2.09. The Morgan fingerprint density at radius 2 is 1.78 bits per heavy atom. The van der Waals surface area contributed by atoms with E-state index in [2.05, 4.69) is 0 Å². The van der Waals surface area contributed by atoms with Gasteiger partial charge in [-0.25, -0.2) is 0 Å². The van der Waals surface area contributed by atoms with Crippen molar-refractivity contribution in [2.24, 2.45) is 0 Å². The molecule has 0 atom stereocenters. The van der Waals surface area contributed by atoms with Gasteiger partial charge in [-0.3, -0.25) is 10.1 Å². The molecule has 0 aliphatic heterocycles. The molecule has 0 spiro atoms. The molecule has 0 saturated heterocycles. The van der Waals surface area contributed by atoms with Crippen molar-refractivity contribution in [1.29, 1.82) is 0 Å². The highest BCUT2D eigenvalue weighted by atomic mass is 35.5. The molecule has 5 nitrogen and oxygen atoms in total. The van der Waals surface area contributed by atoms with Crippen LogP contribution in [-0.4, -0.2) is 4.92 Å². The molecular weight excluding hydrogens is 256 g/mol. The summed E-state index contributed by atoms with van der Waals surface area (Å²) in [5.74, 6) is 0.836. The van der Waals surface area contributed by atoms with Crippen molar-refractivity contribution in [2.75, 3.05) is 5.73 Å². The number of hydrogen-bond donors (Lipinski definition) is 1. The van der Waals surface area contributed by atoms with Crippen LogP contribution >= 0.6 is 11.6 Å². The van der Waals surface area contributed by atoms with Gasteiger partial charge < -0.3 is 10.5 Å². The van der Waals surface area contributed by atoms with E-state index >= 15 is 0 Å². The predicted molar refractivity (Wildman–Crippen MR) is 69.0 cm³/mol. The topological polar surface area (TPSA) is 78.4 Å². The normalized spacial score (nSPS) is 10.1. The molecule has 2 aromatic rings. The zero-order valence-electron chi connectivity index (χ0n) is 9.17. The van der Waals surface area contributed by atoms with Crippen molar-refractivity contribution in [3.05, 3.63) is 57.6 Å². The average molecular weight is 265 g/mol. The number of anilines is 1. The van der Waals surface area contributed by atoms with Crippen molar-refractivity contribution in [3.63, 3.8) is 0 Å². The molecule has 6 heteroatoms. The predicted octanol–water partition coefficient (Wildman–Crippen LogP) is 3.62. The van der Waals surface area contributed by atoms with Crippen LogP contribution in [0.2, 0.25) is 5.02 Å². The number of benzene rings is 2. The van der Waals surface area contributed by atoms with E-state index in [9.17, 15) is 10.1 Å². The first kappa shape index (κ1) is 12.2. The Bertz CT molecular complexity index is 584. The molecule has 2 rings (SSSR count). The smallest absolute Gasteiger partial charge is 0.275 e. The third kappa shape index (κ3) is 2.89. The van der Waals surface area contributed by atoms with Crippen LogP contribution in [-0.2, 0) is 0 Å². The van der Waals surface area contributed by atoms with Gasteiger partial charge in [-0.1, -0.05) is 11.6 Å². The fraction of sp³-hybridized carbons (Fsp3) is 0. The lowest BCUT2D eigenvalue weighted by Gasteiger charge is -2.06. The maximum atomic E-state index is 10.7. The van der Waals surface area contributed by atoms with Gasteiger partial charge in [0.2, 0.25) is 0 Å². The second kappa shape index (κ2) is 4.93. The second-order valence-electron chi connectivity index (χ2n) is 3.57. The van der Waals surface area contributed by atoms with E-state index in [0.717, 1.165) is 0 Å². The first-order valence-electron chi connectivity index (χ1n) is 5.03. The average Bonchev–Trinajstić information content (AvgIpc) is 2.31. The summed E-state index contributed by atoms with van der Waals surface area (Å²) in [5.41, 5.74) is 5.73. The van der Waals surface area contributed by atoms with Gasteiger partial charge >= 0.3 is 0 Å². The van der Waals surface area contributed by atoms with Gasteiger partial charge in [0.1, 0.15) is 11.5 Å². The summed E-state index contributed by atoms with van der Waals surface area (Å²) in [7, 11) is 0. The number of nitrogens with two attached hydrogens (primary N) is 1. The number of hydrogen-bond acceptors (Lipinski definition) is 4. The largest absolute Gasteiger partial charge is 0.457 e. The summed E-state index contributed by atoms with van der Waals surface area (Å²) in [5, 5.41) is 11.3. The number of halogens is 1. The van der Waals surface area contributed by atoms with Crippen LogP contribution in [0.15, 0.2) is 42.5 Å². The van der Waals surface area contributed by atoms with Crippen molar-refractivity contribution < 1.29 is 9.66 Å². The highest BCUT2D eigenvalue weighted by molar-refractivity contribution is 6.30. The van der Waals surface area contributed by atoms with E-state index in [-0.39, 0.29) is 11.4 Å². The first-order chi connectivity index (χ1) is 8.54. The lowest BCUT2D eigenvalue weighted by molar-refractivity contribution is -0.384. The Kier molecular flexibility index (Phi) is 3.34. The van der Waals surface area contributed by atoms with E-state index in [0.29, 0.717) is 16.5 Å². The number of nitro benzene ring substituents is 1. The fourth-order valence-electron chi connectivity index (χ4n) is 1.41. The molecule has 2 aromatic carbocycles. The molecular formula is C12H9ClN2O3. The van der Waals surface area contributed by atoms with Gasteiger partial charge in [-0.2, -0.15) is 0 Å². The van der Waals surface area contributed by atoms with E-state index in [1.54, 1.807) is 24.3 Å². The number of nitrogens with zero attached hydrogens (tertiary/aromatic N) is 1. The number of ether oxygens (including phenoxy) is 1. The van der Waals surface area contributed by atoms with Crippen LogP contribution in [0.25, 0.3) is 0 Å². The standard InChI is InChI=1S/C12H9ClN2O3/c13-8-1-3-11(4-2-8)18-12-6-9(14)5-10(7-12)15(16)17/h1-7H,14H2. The summed E-state index contributed by atoms with van der Waals surface area (Å²) in [6.07, 6.45) is 0. The lowest BCUT2D eigenvalue weighted by Crippen LogP contribution is -1.93. The summed E-state index contributed by atoms with van der Waals surface area (Å²) in [4.78, 5) is 10.2. The Morgan fingerprint density at radius 3 is 2.39 bits per heavy atom. The maximum absolute atomic E-state index is 10.7. The molecule has 0 aromatic heterocycles. The van der Waals surface area contributed by atoms with Crippen molar-refractivity contribution in [2.45, 2.75) is 0 Å². The number of nitrogen functional groups attached to an aromatic ring is 1. The van der Waals surface area contributed by atoms with Gasteiger partial charge in [-0.15, -0.1) is 0 Å². The maximum Gasteiger partial charge on any atom is 0.275 e. The van der Waals surface area contributed by atoms with Gasteiger partial charge in [0, 0.05) is 22.8 Å². The minimum Gasteiger partial charge on any atom is -0.457 e. The summed E-state index contributed by atoms with van der Waals surface area (Å²) >= 11 is 5.74. The molecule has 18 heavy (non-hydrogen) atoms. The van der Waals surface area contributed by atoms with Crippen molar-refractivity contribution in [3.8, 4) is 11.5 Å². The van der Waals surface area contributed by atoms with Gasteiger partial charge in [0.25, 0.3) is 5.69 Å². The molecule has 0 fully saturated rings. The quantitative estimate of drug-likeness (QED) is 0.522. The molecule has 0 aliphatic rings. The summed E-state index contributed by atoms with van der Waals surface area (Å²) in [6, 6.07) is 10.8. The minimum absolute atomic E-state index is 0.112. The molecule has 92 valence electrons. The van der Waals surface area contributed by atoms with E-state index in [1.807, 2.05) is 0 Å². The Hall–Kier alpha value is -2.27. The van der Waals surface area contributed by atoms with Crippen LogP contribution in [0.3, 0.4) is 0 Å². The molecule has 0 amide bonds. The van der Waals surface area contributed by atoms with Crippen LogP contribution in [0.1, 0.15) is 0 Å². The Morgan fingerprint density at radius 1 is 1.11 bits per heavy atom. The number of nitro groups is 1. The van der Waals surface area contributed by atoms with Crippen molar-refractivity contribution >= 4 is 23.0 Å². The monoisotopic (exact) mass is 264 g/mol. The lowest BCUT2D eigenvalue weighted by atomic mass is 10.2. The Labute approximate surface area is 108 Å². The van der Waals surface area contributed by atoms with Crippen LogP contribution < -0.4 is 10.5 Å². The van der Waals surface area contributed by atoms with Crippen LogP contribution in [0.4, 0.5) is 11.4 Å². The summed E-state index contributed by atoms with van der Waals surface area (Å²) < 4.78 is 5.46. The SMILES string of the molecule is Nc1cc(Oc2ccc(Cl)cc2)cc([N+](=O)[O-])c1. The third-order valence-electron chi connectivity index (χ3n) is 2.17. The minimum atomic E-state index is -0.523. The fourth-order valence-corrected chi connectivity index (χ4v) is 1.53. The zero-order valence-corrected chi connectivity index (χ0v) is 9.92. The van der Waals surface area contributed by atoms with Crippen LogP contribution in [0, 0.1) is 10.1 Å². The molecule has 2 N–H and O–H groups in total. The molecule has 0 heterocycles. The zero-order chi connectivity index (χ0) is 13.1. The van der Waals surface area contributed by atoms with E-state index < -0.39 is 4.92 Å².